The lowest BCUT2D eigenvalue weighted by molar-refractivity contribution is -0.384. The molecular weight excluding hydrogens is 518 g/mol. The van der Waals surface area contributed by atoms with Crippen molar-refractivity contribution in [2.45, 2.75) is 48.3 Å². The maximum atomic E-state index is 13.3. The number of carboxylic acid groups (broad SMARTS) is 1. The van der Waals surface area contributed by atoms with Gasteiger partial charge in [-0.15, -0.1) is 11.8 Å². The SMILES string of the molecule is CC1(C)S[C@@H]2[C@@H](NC(=O)C(NC(=O)OCc3ccc([N+](=O)[O-])cc3)c3ccccc3)C(=O)N2[C@@]1(N)C(=O)O. The molecule has 2 saturated heterocycles. The molecule has 13 nitrogen and oxygen atoms in total. The number of carboxylic acids is 1. The van der Waals surface area contributed by atoms with Gasteiger partial charge in [0.2, 0.25) is 11.6 Å². The number of β-lactam (4-membered cyclic amide) rings is 1. The van der Waals surface area contributed by atoms with Crippen molar-refractivity contribution in [1.29, 1.82) is 0 Å². The molecule has 2 aromatic rings. The van der Waals surface area contributed by atoms with Crippen LogP contribution in [-0.2, 0) is 25.7 Å². The monoisotopic (exact) mass is 543 g/mol. The zero-order chi connectivity index (χ0) is 27.8. The van der Waals surface area contributed by atoms with Crippen molar-refractivity contribution in [2.75, 3.05) is 0 Å². The van der Waals surface area contributed by atoms with E-state index >= 15 is 0 Å². The topological polar surface area (TPSA) is 194 Å². The van der Waals surface area contributed by atoms with Gasteiger partial charge in [-0.2, -0.15) is 0 Å². The number of hydrogen-bond donors (Lipinski definition) is 4. The molecule has 4 rings (SSSR count). The van der Waals surface area contributed by atoms with Crippen LogP contribution in [0.3, 0.4) is 0 Å². The number of amides is 3. The molecule has 1 unspecified atom stereocenters. The maximum Gasteiger partial charge on any atom is 0.408 e. The number of nitro groups is 1. The zero-order valence-electron chi connectivity index (χ0n) is 20.3. The third-order valence-electron chi connectivity index (χ3n) is 6.55. The average molecular weight is 544 g/mol. The van der Waals surface area contributed by atoms with Gasteiger partial charge >= 0.3 is 12.1 Å². The fourth-order valence-electron chi connectivity index (χ4n) is 4.34. The summed E-state index contributed by atoms with van der Waals surface area (Å²) in [4.78, 5) is 62.0. The lowest BCUT2D eigenvalue weighted by Crippen LogP contribution is -2.79. The van der Waals surface area contributed by atoms with Crippen LogP contribution in [0.5, 0.6) is 0 Å². The number of nitrogens with two attached hydrogens (primary N) is 1. The Morgan fingerprint density at radius 2 is 1.82 bits per heavy atom. The summed E-state index contributed by atoms with van der Waals surface area (Å²) in [5.74, 6) is -2.70. The van der Waals surface area contributed by atoms with Crippen LogP contribution < -0.4 is 16.4 Å². The van der Waals surface area contributed by atoms with E-state index in [1.54, 1.807) is 44.2 Å². The summed E-state index contributed by atoms with van der Waals surface area (Å²) in [5, 5.41) is 24.9. The Morgan fingerprint density at radius 3 is 2.39 bits per heavy atom. The molecule has 38 heavy (non-hydrogen) atoms. The molecule has 0 aliphatic carbocycles. The third kappa shape index (κ3) is 4.63. The van der Waals surface area contributed by atoms with E-state index in [1.807, 2.05) is 0 Å². The highest BCUT2D eigenvalue weighted by atomic mass is 32.2. The number of fused-ring (bicyclic) bond motifs is 1. The van der Waals surface area contributed by atoms with E-state index in [0.717, 1.165) is 4.90 Å². The summed E-state index contributed by atoms with van der Waals surface area (Å²) in [6.45, 7) is 3.03. The number of nitrogens with zero attached hydrogens (tertiary/aromatic N) is 2. The third-order valence-corrected chi connectivity index (χ3v) is 8.18. The van der Waals surface area contributed by atoms with Crippen LogP contribution in [0.4, 0.5) is 10.5 Å². The van der Waals surface area contributed by atoms with Crippen LogP contribution in [0, 0.1) is 10.1 Å². The van der Waals surface area contributed by atoms with Crippen molar-refractivity contribution in [3.63, 3.8) is 0 Å². The smallest absolute Gasteiger partial charge is 0.408 e. The van der Waals surface area contributed by atoms with Crippen molar-refractivity contribution < 1.29 is 33.9 Å². The average Bonchev–Trinajstić information content (AvgIpc) is 3.08. The number of hydrogen-bond acceptors (Lipinski definition) is 9. The highest BCUT2D eigenvalue weighted by molar-refractivity contribution is 8.01. The Morgan fingerprint density at radius 1 is 1.18 bits per heavy atom. The van der Waals surface area contributed by atoms with Gasteiger partial charge in [0.1, 0.15) is 24.1 Å². The number of non-ortho nitro benzene ring substituents is 1. The zero-order valence-corrected chi connectivity index (χ0v) is 21.1. The molecule has 0 saturated carbocycles. The van der Waals surface area contributed by atoms with Gasteiger partial charge in [0, 0.05) is 12.1 Å². The predicted molar refractivity (Wildman–Crippen MR) is 134 cm³/mol. The minimum atomic E-state index is -1.95. The van der Waals surface area contributed by atoms with Crippen LogP contribution in [0.25, 0.3) is 0 Å². The van der Waals surface area contributed by atoms with Crippen LogP contribution in [0.15, 0.2) is 54.6 Å². The van der Waals surface area contributed by atoms with Crippen molar-refractivity contribution >= 4 is 41.3 Å². The number of benzene rings is 2. The van der Waals surface area contributed by atoms with Crippen molar-refractivity contribution in [1.82, 2.24) is 15.5 Å². The minimum absolute atomic E-state index is 0.109. The number of alkyl carbamates (subject to hydrolysis) is 1. The molecule has 0 bridgehead atoms. The van der Waals surface area contributed by atoms with Crippen LogP contribution in [0.1, 0.15) is 31.0 Å². The Kier molecular flexibility index (Phi) is 7.04. The van der Waals surface area contributed by atoms with E-state index < -0.39 is 56.7 Å². The summed E-state index contributed by atoms with van der Waals surface area (Å²) in [6.07, 6.45) is -0.933. The Balaban J connectivity index is 1.45. The molecule has 0 radical (unpaired) electrons. The minimum Gasteiger partial charge on any atom is -0.478 e. The maximum absolute atomic E-state index is 13.3. The second kappa shape index (κ2) is 9.95. The number of nitrogens with one attached hydrogen (secondary N) is 2. The van der Waals surface area contributed by atoms with Gasteiger partial charge in [-0.1, -0.05) is 30.3 Å². The first-order valence-corrected chi connectivity index (χ1v) is 12.3. The van der Waals surface area contributed by atoms with Crippen molar-refractivity contribution in [2.24, 2.45) is 5.73 Å². The first-order chi connectivity index (χ1) is 17.9. The van der Waals surface area contributed by atoms with Gasteiger partial charge in [-0.3, -0.25) is 30.3 Å². The molecule has 14 heteroatoms. The number of aliphatic carboxylic acids is 1. The number of nitro benzene ring substituents is 1. The number of thioether (sulfide) groups is 1. The number of rotatable bonds is 8. The first kappa shape index (κ1) is 26.9. The lowest BCUT2D eigenvalue weighted by Gasteiger charge is -2.48. The van der Waals surface area contributed by atoms with Crippen LogP contribution in [0.2, 0.25) is 0 Å². The van der Waals surface area contributed by atoms with Gasteiger partial charge in [0.05, 0.1) is 9.67 Å². The molecule has 3 amide bonds. The van der Waals surface area contributed by atoms with Gasteiger partial charge in [0.25, 0.3) is 11.6 Å². The van der Waals surface area contributed by atoms with E-state index in [2.05, 4.69) is 10.6 Å². The largest absolute Gasteiger partial charge is 0.478 e. The normalized spacial score (nSPS) is 24.0. The van der Waals surface area contributed by atoms with E-state index in [1.165, 1.54) is 36.0 Å². The van der Waals surface area contributed by atoms with E-state index in [4.69, 9.17) is 10.5 Å². The molecule has 0 spiro atoms. The molecule has 2 aliphatic rings. The molecular formula is C24H25N5O8S. The highest BCUT2D eigenvalue weighted by Gasteiger charge is 2.71. The molecule has 0 aromatic heterocycles. The molecule has 2 heterocycles. The van der Waals surface area contributed by atoms with Crippen molar-refractivity contribution in [3.05, 3.63) is 75.8 Å². The molecule has 200 valence electrons. The summed E-state index contributed by atoms with van der Waals surface area (Å²) >= 11 is 1.17. The molecule has 2 fully saturated rings. The summed E-state index contributed by atoms with van der Waals surface area (Å²) < 4.78 is 4.16. The summed E-state index contributed by atoms with van der Waals surface area (Å²) in [7, 11) is 0. The molecule has 4 atom stereocenters. The second-order valence-corrected chi connectivity index (χ2v) is 11.0. The van der Waals surface area contributed by atoms with Gasteiger partial charge in [0.15, 0.2) is 0 Å². The van der Waals surface area contributed by atoms with Crippen LogP contribution in [-0.4, -0.2) is 60.6 Å². The Labute approximate surface area is 220 Å². The van der Waals surface area contributed by atoms with E-state index in [-0.39, 0.29) is 12.3 Å². The quantitative estimate of drug-likeness (QED) is 0.215. The molecule has 5 N–H and O–H groups in total. The van der Waals surface area contributed by atoms with E-state index in [0.29, 0.717) is 11.1 Å². The second-order valence-electron chi connectivity index (χ2n) is 9.27. The van der Waals surface area contributed by atoms with Crippen LogP contribution >= 0.6 is 11.8 Å². The lowest BCUT2D eigenvalue weighted by atomic mass is 9.89. The van der Waals surface area contributed by atoms with Gasteiger partial charge < -0.3 is 20.5 Å². The number of ether oxygens (including phenoxy) is 1. The Bertz CT molecular complexity index is 1290. The highest BCUT2D eigenvalue weighted by Crippen LogP contribution is 2.54. The standard InChI is InChI=1S/C24H25N5O8S/c1-23(2)24(25,21(32)33)28-19(31)17(20(28)38-23)26-18(30)16(14-6-4-3-5-7-14)27-22(34)37-12-13-8-10-15(11-9-13)29(35)36/h3-11,16-17,20H,12,25H2,1-2H3,(H,26,30)(H,27,34)(H,32,33)/t16?,17-,20+,24-/m0/s1. The number of carbonyl (C=O) groups excluding carboxylic acids is 3. The van der Waals surface area contributed by atoms with Crippen molar-refractivity contribution in [3.8, 4) is 0 Å². The van der Waals surface area contributed by atoms with Gasteiger partial charge in [-0.05, 0) is 37.1 Å². The Hall–Kier alpha value is -4.17. The fraction of sp³-hybridized carbons (Fsp3) is 0.333. The number of carbonyl (C=O) groups is 4. The summed E-state index contributed by atoms with van der Waals surface area (Å²) in [6, 6.07) is 11.4. The molecule has 2 aromatic carbocycles. The summed E-state index contributed by atoms with van der Waals surface area (Å²) in [5.41, 5.74) is 4.99. The predicted octanol–water partition coefficient (Wildman–Crippen LogP) is 1.48. The van der Waals surface area contributed by atoms with Gasteiger partial charge in [-0.25, -0.2) is 9.59 Å². The molecule has 2 aliphatic heterocycles. The first-order valence-electron chi connectivity index (χ1n) is 11.4. The fourth-order valence-corrected chi connectivity index (χ4v) is 6.00. The van der Waals surface area contributed by atoms with E-state index in [9.17, 15) is 34.4 Å².